The topological polar surface area (TPSA) is 75.7 Å². The smallest absolute Gasteiger partial charge is 0.262 e. The Morgan fingerprint density at radius 3 is 2.57 bits per heavy atom. The summed E-state index contributed by atoms with van der Waals surface area (Å²) in [6.07, 6.45) is 0.737. The lowest BCUT2D eigenvalue weighted by Crippen LogP contribution is -2.33. The van der Waals surface area contributed by atoms with E-state index in [1.165, 1.54) is 19.1 Å². The Labute approximate surface area is 125 Å². The Balaban J connectivity index is 2.30. The quantitative estimate of drug-likeness (QED) is 0.860. The van der Waals surface area contributed by atoms with Crippen molar-refractivity contribution in [2.45, 2.75) is 44.6 Å². The van der Waals surface area contributed by atoms with Gasteiger partial charge in [0.05, 0.1) is 10.5 Å². The zero-order valence-corrected chi connectivity index (χ0v) is 13.5. The Bertz CT molecular complexity index is 662. The number of carbonyl (C=O) groups excluding carboxylic acids is 1. The molecule has 0 saturated heterocycles. The van der Waals surface area contributed by atoms with Crippen LogP contribution in [0, 0.1) is 0 Å². The summed E-state index contributed by atoms with van der Waals surface area (Å²) in [6.45, 7) is 7.29. The second kappa shape index (κ2) is 5.40. The summed E-state index contributed by atoms with van der Waals surface area (Å²) in [6, 6.07) is 4.78. The molecule has 0 unspecified atom stereocenters. The van der Waals surface area contributed by atoms with Crippen molar-refractivity contribution in [2.75, 3.05) is 11.4 Å². The Hall–Kier alpha value is -1.44. The van der Waals surface area contributed by atoms with Crippen LogP contribution in [-0.2, 0) is 26.1 Å². The summed E-state index contributed by atoms with van der Waals surface area (Å²) < 4.78 is 24.4. The van der Waals surface area contributed by atoms with Crippen LogP contribution in [-0.4, -0.2) is 26.5 Å². The van der Waals surface area contributed by atoms with E-state index in [2.05, 4.69) is 4.89 Å². The fourth-order valence-corrected chi connectivity index (χ4v) is 3.05. The van der Waals surface area contributed by atoms with Crippen LogP contribution in [0.3, 0.4) is 0 Å². The number of hydrogen-bond donors (Lipinski definition) is 1. The van der Waals surface area contributed by atoms with Crippen molar-refractivity contribution in [3.63, 3.8) is 0 Å². The molecular formula is C14H20N2O4S. The second-order valence-electron chi connectivity index (χ2n) is 6.01. The molecule has 1 N–H and O–H groups in total. The van der Waals surface area contributed by atoms with Gasteiger partial charge in [-0.25, -0.2) is 8.42 Å². The number of rotatable bonds is 3. The Kier molecular flexibility index (Phi) is 4.10. The van der Waals surface area contributed by atoms with E-state index >= 15 is 0 Å². The molecular weight excluding hydrogens is 292 g/mol. The predicted molar refractivity (Wildman–Crippen MR) is 79.3 cm³/mol. The van der Waals surface area contributed by atoms with Gasteiger partial charge in [0.15, 0.2) is 0 Å². The van der Waals surface area contributed by atoms with E-state index in [1.54, 1.807) is 31.7 Å². The van der Waals surface area contributed by atoms with E-state index in [-0.39, 0.29) is 10.8 Å². The molecule has 7 heteroatoms. The van der Waals surface area contributed by atoms with Crippen LogP contribution in [0.5, 0.6) is 0 Å². The van der Waals surface area contributed by atoms with Crippen molar-refractivity contribution in [1.82, 2.24) is 4.89 Å². The third kappa shape index (κ3) is 3.61. The van der Waals surface area contributed by atoms with Crippen LogP contribution in [0.4, 0.5) is 5.69 Å². The van der Waals surface area contributed by atoms with Crippen molar-refractivity contribution in [1.29, 1.82) is 0 Å². The van der Waals surface area contributed by atoms with Gasteiger partial charge >= 0.3 is 0 Å². The summed E-state index contributed by atoms with van der Waals surface area (Å²) in [5, 5.41) is 0. The molecule has 0 aliphatic carbocycles. The zero-order chi connectivity index (χ0) is 15.8. The van der Waals surface area contributed by atoms with E-state index in [0.29, 0.717) is 12.2 Å². The monoisotopic (exact) mass is 312 g/mol. The minimum atomic E-state index is -3.77. The first kappa shape index (κ1) is 15.9. The molecule has 1 aliphatic rings. The molecule has 6 nitrogen and oxygen atoms in total. The molecule has 1 aliphatic heterocycles. The number of anilines is 1. The minimum absolute atomic E-state index is 0.0821. The van der Waals surface area contributed by atoms with Gasteiger partial charge in [0.25, 0.3) is 10.0 Å². The van der Waals surface area contributed by atoms with Gasteiger partial charge in [-0.1, -0.05) is 11.0 Å². The normalized spacial score (nSPS) is 15.1. The van der Waals surface area contributed by atoms with Crippen LogP contribution in [0.2, 0.25) is 0 Å². The Morgan fingerprint density at radius 1 is 1.33 bits per heavy atom. The molecule has 0 spiro atoms. The van der Waals surface area contributed by atoms with Crippen molar-refractivity contribution < 1.29 is 18.0 Å². The van der Waals surface area contributed by atoms with Gasteiger partial charge in [0.1, 0.15) is 0 Å². The van der Waals surface area contributed by atoms with E-state index in [4.69, 9.17) is 4.84 Å². The molecule has 1 amide bonds. The average molecular weight is 312 g/mol. The molecule has 0 radical (unpaired) electrons. The maximum absolute atomic E-state index is 12.2. The van der Waals surface area contributed by atoms with Gasteiger partial charge in [-0.2, -0.15) is 0 Å². The van der Waals surface area contributed by atoms with Crippen LogP contribution >= 0.6 is 0 Å². The van der Waals surface area contributed by atoms with Gasteiger partial charge in [-0.05, 0) is 44.9 Å². The summed E-state index contributed by atoms with van der Waals surface area (Å²) >= 11 is 0. The molecule has 1 aromatic rings. The second-order valence-corrected chi connectivity index (χ2v) is 7.66. The van der Waals surface area contributed by atoms with Crippen LogP contribution in [0.25, 0.3) is 0 Å². The maximum atomic E-state index is 12.2. The molecule has 2 rings (SSSR count). The molecule has 1 aromatic carbocycles. The number of benzene rings is 1. The highest BCUT2D eigenvalue weighted by molar-refractivity contribution is 7.89. The number of sulfonamides is 1. The third-order valence-electron chi connectivity index (χ3n) is 3.10. The molecule has 116 valence electrons. The maximum Gasteiger partial charge on any atom is 0.262 e. The zero-order valence-electron chi connectivity index (χ0n) is 12.6. The highest BCUT2D eigenvalue weighted by atomic mass is 32.2. The van der Waals surface area contributed by atoms with Crippen LogP contribution in [0.15, 0.2) is 23.1 Å². The van der Waals surface area contributed by atoms with Crippen molar-refractivity contribution in [3.05, 3.63) is 23.8 Å². The van der Waals surface area contributed by atoms with E-state index < -0.39 is 15.6 Å². The first-order chi connectivity index (χ1) is 9.60. The third-order valence-corrected chi connectivity index (χ3v) is 4.28. The number of nitrogens with zero attached hydrogens (tertiary/aromatic N) is 1. The van der Waals surface area contributed by atoms with Gasteiger partial charge < -0.3 is 4.90 Å². The first-order valence-electron chi connectivity index (χ1n) is 6.71. The predicted octanol–water partition coefficient (Wildman–Crippen LogP) is 1.60. The van der Waals surface area contributed by atoms with Crippen molar-refractivity contribution >= 4 is 21.6 Å². The van der Waals surface area contributed by atoms with Crippen molar-refractivity contribution in [3.8, 4) is 0 Å². The van der Waals surface area contributed by atoms with Crippen LogP contribution < -0.4 is 9.79 Å². The lowest BCUT2D eigenvalue weighted by Gasteiger charge is -2.20. The fraction of sp³-hybridized carbons (Fsp3) is 0.500. The molecule has 1 heterocycles. The van der Waals surface area contributed by atoms with Crippen LogP contribution in [0.1, 0.15) is 33.3 Å². The van der Waals surface area contributed by atoms with Gasteiger partial charge in [-0.15, -0.1) is 0 Å². The van der Waals surface area contributed by atoms with E-state index in [1.807, 2.05) is 0 Å². The number of amides is 1. The summed E-state index contributed by atoms with van der Waals surface area (Å²) in [4.78, 5) is 20.5. The van der Waals surface area contributed by atoms with E-state index in [9.17, 15) is 13.2 Å². The SMILES string of the molecule is CC(=O)N1CCc2ccc(S(=O)(=O)NOC(C)(C)C)cc21. The number of nitrogens with one attached hydrogen (secondary N) is 1. The van der Waals surface area contributed by atoms with Crippen molar-refractivity contribution in [2.24, 2.45) is 0 Å². The highest BCUT2D eigenvalue weighted by Crippen LogP contribution is 2.30. The standard InChI is InChI=1S/C14H20N2O4S/c1-10(17)16-8-7-11-5-6-12(9-13(11)16)21(18,19)15-20-14(2,3)4/h5-6,9,15H,7-8H2,1-4H3. The molecule has 0 aromatic heterocycles. The molecule has 0 atom stereocenters. The molecule has 21 heavy (non-hydrogen) atoms. The summed E-state index contributed by atoms with van der Waals surface area (Å²) in [7, 11) is -3.77. The van der Waals surface area contributed by atoms with E-state index in [0.717, 1.165) is 12.0 Å². The molecule has 0 bridgehead atoms. The number of fused-ring (bicyclic) bond motifs is 1. The highest BCUT2D eigenvalue weighted by Gasteiger charge is 2.26. The first-order valence-corrected chi connectivity index (χ1v) is 8.19. The number of hydrogen-bond acceptors (Lipinski definition) is 4. The average Bonchev–Trinajstić information content (AvgIpc) is 2.78. The largest absolute Gasteiger partial charge is 0.312 e. The fourth-order valence-electron chi connectivity index (χ4n) is 2.08. The Morgan fingerprint density at radius 2 is 2.00 bits per heavy atom. The molecule has 0 fully saturated rings. The van der Waals surface area contributed by atoms with Gasteiger partial charge in [0.2, 0.25) is 5.91 Å². The lowest BCUT2D eigenvalue weighted by molar-refractivity contribution is -0.116. The minimum Gasteiger partial charge on any atom is -0.312 e. The summed E-state index contributed by atoms with van der Waals surface area (Å²) in [5.41, 5.74) is 0.997. The van der Waals surface area contributed by atoms with Gasteiger partial charge in [-0.3, -0.25) is 9.63 Å². The lowest BCUT2D eigenvalue weighted by atomic mass is 10.2. The molecule has 0 saturated carbocycles. The number of carbonyl (C=O) groups is 1. The van der Waals surface area contributed by atoms with Gasteiger partial charge in [0, 0.05) is 19.2 Å². The summed E-state index contributed by atoms with van der Waals surface area (Å²) in [5.74, 6) is -0.0952.